The highest BCUT2D eigenvalue weighted by molar-refractivity contribution is 9.10. The Balaban J connectivity index is 2.40. The SMILES string of the molecule is Fc1c(C2CCCC2Cl)ccc(Br)c1Cl. The van der Waals surface area contributed by atoms with Gasteiger partial charge in [0, 0.05) is 15.8 Å². The topological polar surface area (TPSA) is 0 Å². The predicted octanol–water partition coefficient (Wildman–Crippen LogP) is 5.12. The summed E-state index contributed by atoms with van der Waals surface area (Å²) >= 11 is 15.2. The van der Waals surface area contributed by atoms with E-state index in [-0.39, 0.29) is 22.1 Å². The van der Waals surface area contributed by atoms with E-state index in [4.69, 9.17) is 23.2 Å². The van der Waals surface area contributed by atoms with Crippen LogP contribution in [-0.4, -0.2) is 5.38 Å². The largest absolute Gasteiger partial charge is 0.205 e. The fourth-order valence-electron chi connectivity index (χ4n) is 2.09. The van der Waals surface area contributed by atoms with Crippen LogP contribution < -0.4 is 0 Å². The van der Waals surface area contributed by atoms with Crippen LogP contribution in [0.2, 0.25) is 5.02 Å². The molecule has 0 aliphatic heterocycles. The molecule has 2 atom stereocenters. The number of benzene rings is 1. The van der Waals surface area contributed by atoms with Crippen molar-refractivity contribution in [1.82, 2.24) is 0 Å². The Bertz CT molecular complexity index is 381. The van der Waals surface area contributed by atoms with Gasteiger partial charge in [0.05, 0.1) is 5.02 Å². The Hall–Kier alpha value is 0.210. The molecule has 2 rings (SSSR count). The minimum atomic E-state index is -0.330. The lowest BCUT2D eigenvalue weighted by molar-refractivity contribution is 0.581. The van der Waals surface area contributed by atoms with Gasteiger partial charge in [-0.1, -0.05) is 24.1 Å². The fourth-order valence-corrected chi connectivity index (χ4v) is 2.99. The monoisotopic (exact) mass is 310 g/mol. The van der Waals surface area contributed by atoms with Crippen molar-refractivity contribution >= 4 is 39.1 Å². The van der Waals surface area contributed by atoms with Gasteiger partial charge in [0.25, 0.3) is 0 Å². The Morgan fingerprint density at radius 1 is 1.33 bits per heavy atom. The smallest absolute Gasteiger partial charge is 0.146 e. The molecule has 0 saturated heterocycles. The number of hydrogen-bond donors (Lipinski definition) is 0. The minimum Gasteiger partial charge on any atom is -0.205 e. The quantitative estimate of drug-likeness (QED) is 0.499. The molecule has 1 saturated carbocycles. The highest BCUT2D eigenvalue weighted by Gasteiger charge is 2.29. The number of hydrogen-bond acceptors (Lipinski definition) is 0. The summed E-state index contributed by atoms with van der Waals surface area (Å²) in [6.45, 7) is 0. The summed E-state index contributed by atoms with van der Waals surface area (Å²) in [5, 5.41) is 0.194. The van der Waals surface area contributed by atoms with E-state index >= 15 is 0 Å². The van der Waals surface area contributed by atoms with Gasteiger partial charge in [-0.25, -0.2) is 4.39 Å². The van der Waals surface area contributed by atoms with Gasteiger partial charge in [-0.2, -0.15) is 0 Å². The van der Waals surface area contributed by atoms with Gasteiger partial charge in [-0.3, -0.25) is 0 Å². The maximum absolute atomic E-state index is 13.9. The van der Waals surface area contributed by atoms with Crippen molar-refractivity contribution < 1.29 is 4.39 Å². The van der Waals surface area contributed by atoms with Crippen LogP contribution in [0.3, 0.4) is 0 Å². The number of rotatable bonds is 1. The van der Waals surface area contributed by atoms with Crippen molar-refractivity contribution in [1.29, 1.82) is 0 Å². The van der Waals surface area contributed by atoms with Crippen LogP contribution in [0.25, 0.3) is 0 Å². The molecule has 2 unspecified atom stereocenters. The van der Waals surface area contributed by atoms with E-state index in [1.54, 1.807) is 12.1 Å². The average molecular weight is 312 g/mol. The molecule has 0 heterocycles. The molecule has 1 aliphatic rings. The van der Waals surface area contributed by atoms with Crippen molar-refractivity contribution in [2.75, 3.05) is 0 Å². The van der Waals surface area contributed by atoms with Crippen molar-refractivity contribution in [2.24, 2.45) is 0 Å². The second-order valence-corrected chi connectivity index (χ2v) is 5.61. The lowest BCUT2D eigenvalue weighted by Crippen LogP contribution is -2.07. The van der Waals surface area contributed by atoms with Crippen LogP contribution in [0.1, 0.15) is 30.7 Å². The van der Waals surface area contributed by atoms with Crippen LogP contribution in [0.5, 0.6) is 0 Å². The summed E-state index contributed by atoms with van der Waals surface area (Å²) in [6.07, 6.45) is 2.97. The first-order valence-corrected chi connectivity index (χ1v) is 6.49. The third-order valence-electron chi connectivity index (χ3n) is 2.90. The molecule has 15 heavy (non-hydrogen) atoms. The average Bonchev–Trinajstić information content (AvgIpc) is 2.62. The molecule has 1 fully saturated rings. The van der Waals surface area contributed by atoms with E-state index in [0.29, 0.717) is 10.0 Å². The van der Waals surface area contributed by atoms with E-state index in [1.807, 2.05) is 0 Å². The van der Waals surface area contributed by atoms with E-state index in [9.17, 15) is 4.39 Å². The first kappa shape index (κ1) is 11.7. The molecule has 0 spiro atoms. The molecule has 1 aromatic carbocycles. The molecule has 0 aromatic heterocycles. The molecule has 1 aliphatic carbocycles. The van der Waals surface area contributed by atoms with Crippen molar-refractivity contribution in [3.8, 4) is 0 Å². The maximum atomic E-state index is 13.9. The first-order chi connectivity index (χ1) is 7.11. The normalized spacial score (nSPS) is 25.9. The summed E-state index contributed by atoms with van der Waals surface area (Å²) in [5.41, 5.74) is 0.653. The highest BCUT2D eigenvalue weighted by Crippen LogP contribution is 2.41. The van der Waals surface area contributed by atoms with Gasteiger partial charge in [-0.15, -0.1) is 11.6 Å². The fraction of sp³-hybridized carbons (Fsp3) is 0.455. The molecule has 1 aromatic rings. The second-order valence-electron chi connectivity index (χ2n) is 3.82. The van der Waals surface area contributed by atoms with Crippen molar-refractivity contribution in [2.45, 2.75) is 30.6 Å². The summed E-state index contributed by atoms with van der Waals surface area (Å²) in [5.74, 6) is -0.221. The lowest BCUT2D eigenvalue weighted by Gasteiger charge is -2.16. The zero-order chi connectivity index (χ0) is 11.0. The van der Waals surface area contributed by atoms with Gasteiger partial charge >= 0.3 is 0 Å². The second kappa shape index (κ2) is 4.60. The van der Waals surface area contributed by atoms with Crippen molar-refractivity contribution in [3.05, 3.63) is 33.0 Å². The highest BCUT2D eigenvalue weighted by atomic mass is 79.9. The molecule has 82 valence electrons. The molecule has 0 bridgehead atoms. The van der Waals surface area contributed by atoms with E-state index in [0.717, 1.165) is 19.3 Å². The molecule has 0 nitrogen and oxygen atoms in total. The van der Waals surface area contributed by atoms with E-state index < -0.39 is 0 Å². The summed E-state index contributed by atoms with van der Waals surface area (Å²) in [6, 6.07) is 3.55. The Kier molecular flexibility index (Phi) is 3.59. The molecule has 0 N–H and O–H groups in total. The van der Waals surface area contributed by atoms with Crippen LogP contribution in [0.15, 0.2) is 16.6 Å². The molecule has 0 amide bonds. The molecular formula is C11H10BrCl2F. The van der Waals surface area contributed by atoms with Crippen LogP contribution in [-0.2, 0) is 0 Å². The first-order valence-electron chi connectivity index (χ1n) is 4.88. The Morgan fingerprint density at radius 3 is 2.67 bits per heavy atom. The summed E-state index contributed by atoms with van der Waals surface area (Å²) in [7, 11) is 0. The Morgan fingerprint density at radius 2 is 2.07 bits per heavy atom. The number of alkyl halides is 1. The molecule has 0 radical (unpaired) electrons. The molecule has 4 heteroatoms. The third-order valence-corrected chi connectivity index (χ3v) is 4.68. The zero-order valence-electron chi connectivity index (χ0n) is 7.94. The molecular weight excluding hydrogens is 302 g/mol. The zero-order valence-corrected chi connectivity index (χ0v) is 11.0. The standard InChI is InChI=1S/C11H10BrCl2F/c12-8-5-4-7(11(15)10(8)14)6-2-1-3-9(6)13/h4-6,9H,1-3H2. The summed E-state index contributed by atoms with van der Waals surface area (Å²) in [4.78, 5) is 0. The van der Waals surface area contributed by atoms with Crippen LogP contribution in [0, 0.1) is 5.82 Å². The van der Waals surface area contributed by atoms with Gasteiger partial charge in [-0.05, 0) is 40.4 Å². The van der Waals surface area contributed by atoms with Crippen LogP contribution in [0.4, 0.5) is 4.39 Å². The van der Waals surface area contributed by atoms with Gasteiger partial charge in [0.2, 0.25) is 0 Å². The van der Waals surface area contributed by atoms with Crippen molar-refractivity contribution in [3.63, 3.8) is 0 Å². The van der Waals surface area contributed by atoms with Gasteiger partial charge < -0.3 is 0 Å². The predicted molar refractivity (Wildman–Crippen MR) is 65.3 cm³/mol. The van der Waals surface area contributed by atoms with Gasteiger partial charge in [0.15, 0.2) is 0 Å². The van der Waals surface area contributed by atoms with E-state index in [2.05, 4.69) is 15.9 Å². The lowest BCUT2D eigenvalue weighted by atomic mass is 9.97. The third kappa shape index (κ3) is 2.17. The van der Waals surface area contributed by atoms with E-state index in [1.165, 1.54) is 0 Å². The number of halogens is 4. The summed E-state index contributed by atoms with van der Waals surface area (Å²) < 4.78 is 14.5. The Labute approximate surface area is 107 Å². The van der Waals surface area contributed by atoms with Crippen LogP contribution >= 0.6 is 39.1 Å². The van der Waals surface area contributed by atoms with Gasteiger partial charge in [0.1, 0.15) is 5.82 Å². The minimum absolute atomic E-state index is 0.0387. The maximum Gasteiger partial charge on any atom is 0.146 e.